The first kappa shape index (κ1) is 25.7. The number of hydrogen-bond acceptors (Lipinski definition) is 3. The van der Waals surface area contributed by atoms with E-state index in [4.69, 9.17) is 8.85 Å². The SMILES string of the molecule is CCCC(SC(CCC)[Si](CC)(CC)OCC)[Si](CC)(CC)OCC. The highest BCUT2D eigenvalue weighted by atomic mass is 32.2. The van der Waals surface area contributed by atoms with Crippen molar-refractivity contribution in [1.82, 2.24) is 0 Å². The average Bonchev–Trinajstić information content (AvgIpc) is 2.63. The molecule has 2 unspecified atom stereocenters. The van der Waals surface area contributed by atoms with E-state index in [1.807, 2.05) is 0 Å². The Morgan fingerprint density at radius 2 is 0.920 bits per heavy atom. The first-order valence-corrected chi connectivity index (χ1v) is 16.7. The maximum atomic E-state index is 6.55. The third-order valence-corrected chi connectivity index (χ3v) is 19.8. The standard InChI is InChI=1S/C20H46O2SSi2/c1-9-17-19(24(13-5,14-6)21-11-3)23-20(18-10-2)25(15-7,16-8)22-12-4/h19-20H,9-18H2,1-8H3. The van der Waals surface area contributed by atoms with Gasteiger partial charge in [0.25, 0.3) is 0 Å². The van der Waals surface area contributed by atoms with Gasteiger partial charge in [-0.2, -0.15) is 11.8 Å². The highest BCUT2D eigenvalue weighted by molar-refractivity contribution is 8.03. The predicted octanol–water partition coefficient (Wildman–Crippen LogP) is 7.18. The van der Waals surface area contributed by atoms with E-state index < -0.39 is 16.6 Å². The van der Waals surface area contributed by atoms with Crippen molar-refractivity contribution >= 4 is 28.4 Å². The Bertz CT molecular complexity index is 291. The van der Waals surface area contributed by atoms with Gasteiger partial charge in [0.15, 0.2) is 0 Å². The Morgan fingerprint density at radius 3 is 1.12 bits per heavy atom. The van der Waals surface area contributed by atoms with Gasteiger partial charge in [-0.3, -0.25) is 0 Å². The van der Waals surface area contributed by atoms with Crippen molar-refractivity contribution in [2.24, 2.45) is 0 Å². The molecule has 0 rings (SSSR count). The first-order chi connectivity index (χ1) is 12.0. The molecule has 0 fully saturated rings. The van der Waals surface area contributed by atoms with Crippen LogP contribution in [0.1, 0.15) is 81.1 Å². The van der Waals surface area contributed by atoms with E-state index in [1.54, 1.807) is 0 Å². The van der Waals surface area contributed by atoms with E-state index in [0.29, 0.717) is 0 Å². The topological polar surface area (TPSA) is 18.5 Å². The molecular weight excluding hydrogens is 360 g/mol. The lowest BCUT2D eigenvalue weighted by Gasteiger charge is -2.43. The molecule has 0 saturated carbocycles. The predicted molar refractivity (Wildman–Crippen MR) is 122 cm³/mol. The minimum Gasteiger partial charge on any atom is -0.416 e. The molecule has 0 aliphatic rings. The van der Waals surface area contributed by atoms with Crippen molar-refractivity contribution < 1.29 is 8.85 Å². The van der Waals surface area contributed by atoms with Crippen molar-refractivity contribution in [3.8, 4) is 0 Å². The summed E-state index contributed by atoms with van der Waals surface area (Å²) in [7, 11) is -3.37. The van der Waals surface area contributed by atoms with Gasteiger partial charge in [-0.05, 0) is 50.9 Å². The van der Waals surface area contributed by atoms with E-state index in [1.165, 1.54) is 49.9 Å². The van der Waals surface area contributed by atoms with Crippen LogP contribution in [0.3, 0.4) is 0 Å². The molecule has 152 valence electrons. The summed E-state index contributed by atoms with van der Waals surface area (Å²) >= 11 is 2.30. The highest BCUT2D eigenvalue weighted by Crippen LogP contribution is 2.42. The summed E-state index contributed by atoms with van der Waals surface area (Å²) in [6, 6.07) is 4.98. The fourth-order valence-corrected chi connectivity index (χ4v) is 17.9. The Kier molecular flexibility index (Phi) is 14.2. The second kappa shape index (κ2) is 13.8. The summed E-state index contributed by atoms with van der Waals surface area (Å²) in [5.74, 6) is 0. The molecule has 0 N–H and O–H groups in total. The van der Waals surface area contributed by atoms with Crippen LogP contribution in [0.15, 0.2) is 0 Å². The minimum absolute atomic E-state index is 0.717. The van der Waals surface area contributed by atoms with Crippen LogP contribution < -0.4 is 0 Å². The Morgan fingerprint density at radius 1 is 0.600 bits per heavy atom. The van der Waals surface area contributed by atoms with Gasteiger partial charge in [-0.25, -0.2) is 0 Å². The Balaban J connectivity index is 5.69. The molecule has 2 nitrogen and oxygen atoms in total. The quantitative estimate of drug-likeness (QED) is 0.253. The summed E-state index contributed by atoms with van der Waals surface area (Å²) in [5.41, 5.74) is 0. The molecule has 0 saturated heterocycles. The fourth-order valence-electron chi connectivity index (χ4n) is 4.21. The summed E-state index contributed by atoms with van der Waals surface area (Å²) in [6.45, 7) is 20.3. The van der Waals surface area contributed by atoms with E-state index in [-0.39, 0.29) is 0 Å². The number of rotatable bonds is 16. The van der Waals surface area contributed by atoms with Crippen LogP contribution in [0.25, 0.3) is 0 Å². The van der Waals surface area contributed by atoms with Crippen molar-refractivity contribution in [2.45, 2.75) is 115 Å². The van der Waals surface area contributed by atoms with Crippen LogP contribution in [0, 0.1) is 0 Å². The molecule has 0 aromatic carbocycles. The molecule has 0 bridgehead atoms. The maximum absolute atomic E-state index is 6.55. The molecule has 5 heteroatoms. The zero-order chi connectivity index (χ0) is 19.3. The molecule has 2 atom stereocenters. The van der Waals surface area contributed by atoms with Crippen molar-refractivity contribution in [1.29, 1.82) is 0 Å². The second-order valence-electron chi connectivity index (χ2n) is 7.10. The minimum atomic E-state index is -1.68. The van der Waals surface area contributed by atoms with Gasteiger partial charge in [0.2, 0.25) is 16.6 Å². The van der Waals surface area contributed by atoms with Crippen LogP contribution in [-0.2, 0) is 8.85 Å². The van der Waals surface area contributed by atoms with E-state index in [2.05, 4.69) is 67.2 Å². The molecular formula is C20H46O2SSi2. The molecule has 25 heavy (non-hydrogen) atoms. The molecule has 0 aliphatic carbocycles. The van der Waals surface area contributed by atoms with Crippen LogP contribution in [0.5, 0.6) is 0 Å². The largest absolute Gasteiger partial charge is 0.416 e. The summed E-state index contributed by atoms with van der Waals surface area (Å²) < 4.78 is 13.1. The summed E-state index contributed by atoms with van der Waals surface area (Å²) in [5, 5.41) is 0. The van der Waals surface area contributed by atoms with Crippen molar-refractivity contribution in [2.75, 3.05) is 13.2 Å². The molecule has 0 aromatic rings. The Hall–Kier alpha value is 0.704. The van der Waals surface area contributed by atoms with E-state index >= 15 is 0 Å². The smallest absolute Gasteiger partial charge is 0.204 e. The third kappa shape index (κ3) is 6.98. The Labute approximate surface area is 165 Å². The van der Waals surface area contributed by atoms with Crippen LogP contribution in [0.2, 0.25) is 24.2 Å². The second-order valence-corrected chi connectivity index (χ2v) is 18.4. The summed E-state index contributed by atoms with van der Waals surface area (Å²) in [6.07, 6.45) is 5.14. The van der Waals surface area contributed by atoms with Gasteiger partial charge in [-0.15, -0.1) is 0 Å². The van der Waals surface area contributed by atoms with Gasteiger partial charge < -0.3 is 8.85 Å². The van der Waals surface area contributed by atoms with E-state index in [9.17, 15) is 0 Å². The van der Waals surface area contributed by atoms with Gasteiger partial charge in [0.05, 0.1) is 0 Å². The zero-order valence-corrected chi connectivity index (χ0v) is 21.3. The van der Waals surface area contributed by atoms with Gasteiger partial charge in [-0.1, -0.05) is 54.4 Å². The lowest BCUT2D eigenvalue weighted by molar-refractivity contribution is 0.315. The van der Waals surface area contributed by atoms with E-state index in [0.717, 1.165) is 23.0 Å². The molecule has 0 radical (unpaired) electrons. The fraction of sp³-hybridized carbons (Fsp3) is 1.00. The van der Waals surface area contributed by atoms with Gasteiger partial charge >= 0.3 is 0 Å². The van der Waals surface area contributed by atoms with Crippen LogP contribution in [0.4, 0.5) is 0 Å². The van der Waals surface area contributed by atoms with Crippen LogP contribution >= 0.6 is 11.8 Å². The van der Waals surface area contributed by atoms with Crippen molar-refractivity contribution in [3.63, 3.8) is 0 Å². The normalized spacial score (nSPS) is 15.4. The molecule has 0 amide bonds. The molecule has 0 spiro atoms. The molecule has 0 heterocycles. The van der Waals surface area contributed by atoms with Crippen LogP contribution in [-0.4, -0.2) is 39.6 Å². The maximum Gasteiger partial charge on any atom is 0.204 e. The number of hydrogen-bond donors (Lipinski definition) is 0. The lowest BCUT2D eigenvalue weighted by atomic mass is 10.4. The summed E-state index contributed by atoms with van der Waals surface area (Å²) in [4.78, 5) is 1.43. The first-order valence-electron chi connectivity index (χ1n) is 10.9. The highest BCUT2D eigenvalue weighted by Gasteiger charge is 2.46. The van der Waals surface area contributed by atoms with Gasteiger partial charge in [0.1, 0.15) is 0 Å². The monoisotopic (exact) mass is 406 g/mol. The number of thioether (sulfide) groups is 1. The molecule has 0 aliphatic heterocycles. The van der Waals surface area contributed by atoms with Gasteiger partial charge in [0, 0.05) is 23.0 Å². The molecule has 0 aromatic heterocycles. The average molecular weight is 407 g/mol. The lowest BCUT2D eigenvalue weighted by Crippen LogP contribution is -2.53. The zero-order valence-electron chi connectivity index (χ0n) is 18.5. The van der Waals surface area contributed by atoms with Crippen molar-refractivity contribution in [3.05, 3.63) is 0 Å². The third-order valence-electron chi connectivity index (χ3n) is 5.86.